The summed E-state index contributed by atoms with van der Waals surface area (Å²) in [5.74, 6) is -0.177. The third-order valence-corrected chi connectivity index (χ3v) is 17.5. The molecule has 0 saturated heterocycles. The van der Waals surface area contributed by atoms with Gasteiger partial charge in [0.15, 0.2) is 0 Å². The third-order valence-electron chi connectivity index (χ3n) is 16.6. The number of hydrogen-bond acceptors (Lipinski definition) is 5. The van der Waals surface area contributed by atoms with Crippen LogP contribution in [0.15, 0.2) is 97.2 Å². The SMILES string of the molecule is CC/C=C\C/C=C\C/C=C\C/C=C\C/C=C\C/C=C\C/C=C\CCCCCCCCCCCCCCCC(=O)NC(COP(=O)(O)OCC[N+](C)(C)C)C(O)/C=C/CCCCCCCCCCCCCCCCCCCCCCCCCCCCCC. The predicted octanol–water partition coefficient (Wildman–Crippen LogP) is 24.1. The zero-order valence-electron chi connectivity index (χ0n) is 58.0. The van der Waals surface area contributed by atoms with Crippen LogP contribution in [0.2, 0.25) is 0 Å². The van der Waals surface area contributed by atoms with Crippen LogP contribution in [-0.2, 0) is 18.4 Å². The van der Waals surface area contributed by atoms with E-state index in [1.54, 1.807) is 6.08 Å². The highest BCUT2D eigenvalue weighted by molar-refractivity contribution is 7.47. The number of rotatable bonds is 68. The summed E-state index contributed by atoms with van der Waals surface area (Å²) in [4.78, 5) is 23.5. The molecule has 0 radical (unpaired) electrons. The number of allylic oxidation sites excluding steroid dienone is 15. The van der Waals surface area contributed by atoms with Crippen molar-refractivity contribution in [3.8, 4) is 0 Å². The zero-order valence-corrected chi connectivity index (χ0v) is 58.9. The van der Waals surface area contributed by atoms with Crippen LogP contribution in [0.4, 0.5) is 0 Å². The molecule has 0 aromatic heterocycles. The van der Waals surface area contributed by atoms with Gasteiger partial charge in [0, 0.05) is 6.42 Å². The van der Waals surface area contributed by atoms with Gasteiger partial charge in [0.25, 0.3) is 0 Å². The molecule has 8 nitrogen and oxygen atoms in total. The molecule has 1 amide bonds. The number of carbonyl (C=O) groups is 1. The van der Waals surface area contributed by atoms with Crippen LogP contribution in [0, 0.1) is 0 Å². The largest absolute Gasteiger partial charge is 0.472 e. The Kier molecular flexibility index (Phi) is 65.8. The number of carbonyl (C=O) groups excluding carboxylic acids is 1. The molecular formula is C78H144N2O6P+. The molecule has 3 unspecified atom stereocenters. The summed E-state index contributed by atoms with van der Waals surface area (Å²) in [6.45, 7) is 4.74. The molecule has 0 aromatic carbocycles. The molecule has 3 atom stereocenters. The van der Waals surface area contributed by atoms with Gasteiger partial charge in [0.1, 0.15) is 13.2 Å². The number of quaternary nitrogens is 1. The summed E-state index contributed by atoms with van der Waals surface area (Å²) >= 11 is 0. The second-order valence-corrected chi connectivity index (χ2v) is 27.7. The van der Waals surface area contributed by atoms with Crippen molar-refractivity contribution < 1.29 is 32.9 Å². The van der Waals surface area contributed by atoms with Crippen LogP contribution in [0.5, 0.6) is 0 Å². The molecule has 0 rings (SSSR count). The highest BCUT2D eigenvalue weighted by atomic mass is 31.2. The number of amides is 1. The van der Waals surface area contributed by atoms with Crippen LogP contribution >= 0.6 is 7.82 Å². The molecule has 0 aromatic rings. The number of aliphatic hydroxyl groups is 1. The van der Waals surface area contributed by atoms with Gasteiger partial charge in [-0.1, -0.05) is 355 Å². The van der Waals surface area contributed by atoms with E-state index < -0.39 is 20.0 Å². The molecule has 9 heteroatoms. The first kappa shape index (κ1) is 84.4. The van der Waals surface area contributed by atoms with Crippen molar-refractivity contribution in [2.75, 3.05) is 40.9 Å². The van der Waals surface area contributed by atoms with Gasteiger partial charge in [0.05, 0.1) is 39.9 Å². The first-order chi connectivity index (χ1) is 42.5. The Morgan fingerprint density at radius 3 is 1.01 bits per heavy atom. The van der Waals surface area contributed by atoms with Crippen LogP contribution in [0.1, 0.15) is 341 Å². The molecule has 0 aliphatic carbocycles. The lowest BCUT2D eigenvalue weighted by atomic mass is 10.0. The summed E-state index contributed by atoms with van der Waals surface area (Å²) < 4.78 is 23.9. The maximum Gasteiger partial charge on any atom is 0.472 e. The minimum absolute atomic E-state index is 0.0587. The summed E-state index contributed by atoms with van der Waals surface area (Å²) in [5, 5.41) is 14.0. The van der Waals surface area contributed by atoms with Crippen molar-refractivity contribution >= 4 is 13.7 Å². The van der Waals surface area contributed by atoms with Crippen LogP contribution in [-0.4, -0.2) is 73.4 Å². The number of unbranched alkanes of at least 4 members (excludes halogenated alkanes) is 41. The quantitative estimate of drug-likeness (QED) is 0.0243. The topological polar surface area (TPSA) is 105 Å². The van der Waals surface area contributed by atoms with E-state index in [9.17, 15) is 19.4 Å². The monoisotopic (exact) mass is 1240 g/mol. The molecule has 0 heterocycles. The zero-order chi connectivity index (χ0) is 63.4. The van der Waals surface area contributed by atoms with Crippen molar-refractivity contribution in [1.82, 2.24) is 5.32 Å². The number of nitrogens with one attached hydrogen (secondary N) is 1. The number of likely N-dealkylation sites (N-methyl/N-ethyl adjacent to an activating group) is 1. The minimum Gasteiger partial charge on any atom is -0.387 e. The van der Waals surface area contributed by atoms with E-state index in [0.29, 0.717) is 17.4 Å². The molecule has 0 fully saturated rings. The molecule has 0 spiro atoms. The van der Waals surface area contributed by atoms with Gasteiger partial charge in [-0.3, -0.25) is 13.8 Å². The Labute approximate surface area is 540 Å². The number of nitrogens with zero attached hydrogens (tertiary/aromatic N) is 1. The van der Waals surface area contributed by atoms with Gasteiger partial charge in [0.2, 0.25) is 5.91 Å². The maximum atomic E-state index is 13.1. The lowest BCUT2D eigenvalue weighted by molar-refractivity contribution is -0.870. The van der Waals surface area contributed by atoms with Gasteiger partial charge >= 0.3 is 7.82 Å². The Bertz CT molecular complexity index is 1740. The van der Waals surface area contributed by atoms with E-state index in [1.807, 2.05) is 27.2 Å². The van der Waals surface area contributed by atoms with Gasteiger partial charge in [-0.05, 0) is 77.0 Å². The number of hydrogen-bond donors (Lipinski definition) is 3. The van der Waals surface area contributed by atoms with Crippen molar-refractivity contribution in [2.45, 2.75) is 353 Å². The summed E-state index contributed by atoms with van der Waals surface area (Å²) in [6.07, 6.45) is 98.5. The van der Waals surface area contributed by atoms with Crippen molar-refractivity contribution in [3.05, 3.63) is 97.2 Å². The first-order valence-corrected chi connectivity index (χ1v) is 38.6. The van der Waals surface area contributed by atoms with Gasteiger partial charge in [-0.15, -0.1) is 0 Å². The lowest BCUT2D eigenvalue weighted by Crippen LogP contribution is -2.45. The van der Waals surface area contributed by atoms with Gasteiger partial charge in [-0.2, -0.15) is 0 Å². The van der Waals surface area contributed by atoms with E-state index in [2.05, 4.69) is 104 Å². The highest BCUT2D eigenvalue weighted by Crippen LogP contribution is 2.43. The minimum atomic E-state index is -4.36. The Morgan fingerprint density at radius 2 is 0.690 bits per heavy atom. The van der Waals surface area contributed by atoms with E-state index >= 15 is 0 Å². The smallest absolute Gasteiger partial charge is 0.387 e. The van der Waals surface area contributed by atoms with Crippen LogP contribution in [0.3, 0.4) is 0 Å². The average Bonchev–Trinajstić information content (AvgIpc) is 3.70. The molecule has 0 saturated carbocycles. The second-order valence-electron chi connectivity index (χ2n) is 26.3. The summed E-state index contributed by atoms with van der Waals surface area (Å²) in [7, 11) is 1.57. The first-order valence-electron chi connectivity index (χ1n) is 37.1. The predicted molar refractivity (Wildman–Crippen MR) is 383 cm³/mol. The van der Waals surface area contributed by atoms with E-state index in [4.69, 9.17) is 9.05 Å². The number of phosphoric ester groups is 1. The standard InChI is InChI=1S/C78H143N2O6P/c1-6-8-10-12-14-16-18-20-22-24-26-28-30-32-34-36-38-39-40-41-42-44-46-48-50-52-54-56-58-60-62-64-66-68-70-72-78(82)79-76(75-86-87(83,84)85-74-73-80(3,4)5)77(81)71-69-67-65-63-61-59-57-55-53-51-49-47-45-43-37-35-33-31-29-27-25-23-21-19-17-15-13-11-9-7-2/h8,10,14,16,20,22,26,28,32,34,38-39,41-42,69,71,76-77,81H,6-7,9,11-13,15,17-19,21,23-25,27,29-31,33,35-37,40,43-68,70,72-75H2,1-5H3,(H-,79,82,83,84)/p+1/b10-8-,16-14-,22-20-,28-26-,34-32-,39-38-,42-41-,71-69+. The molecule has 0 bridgehead atoms. The maximum absolute atomic E-state index is 13.1. The molecule has 3 N–H and O–H groups in total. The second kappa shape index (κ2) is 67.8. The van der Waals surface area contributed by atoms with E-state index in [-0.39, 0.29) is 19.1 Å². The fourth-order valence-electron chi connectivity index (χ4n) is 10.9. The lowest BCUT2D eigenvalue weighted by Gasteiger charge is -2.25. The number of aliphatic hydroxyl groups excluding tert-OH is 1. The molecule has 0 aliphatic heterocycles. The Morgan fingerprint density at radius 1 is 0.402 bits per heavy atom. The van der Waals surface area contributed by atoms with Crippen LogP contribution in [0.25, 0.3) is 0 Å². The average molecular weight is 1240 g/mol. The van der Waals surface area contributed by atoms with E-state index in [0.717, 1.165) is 83.5 Å². The molecule has 87 heavy (non-hydrogen) atoms. The van der Waals surface area contributed by atoms with Crippen molar-refractivity contribution in [1.29, 1.82) is 0 Å². The number of phosphoric acid groups is 1. The summed E-state index contributed by atoms with van der Waals surface area (Å²) in [6, 6.07) is -0.854. The molecular weight excluding hydrogens is 1090 g/mol. The fraction of sp³-hybridized carbons (Fsp3) is 0.782. The van der Waals surface area contributed by atoms with Crippen LogP contribution < -0.4 is 5.32 Å². The highest BCUT2D eigenvalue weighted by Gasteiger charge is 2.28. The van der Waals surface area contributed by atoms with Gasteiger partial charge in [-0.25, -0.2) is 4.57 Å². The Hall–Kier alpha value is -2.58. The van der Waals surface area contributed by atoms with Crippen molar-refractivity contribution in [2.24, 2.45) is 0 Å². The van der Waals surface area contributed by atoms with Crippen molar-refractivity contribution in [3.63, 3.8) is 0 Å². The summed E-state index contributed by atoms with van der Waals surface area (Å²) in [5.41, 5.74) is 0. The third kappa shape index (κ3) is 70.7. The molecule has 0 aliphatic rings. The van der Waals surface area contributed by atoms with Gasteiger partial charge < -0.3 is 19.8 Å². The van der Waals surface area contributed by atoms with E-state index in [1.165, 1.54) is 238 Å². The Balaban J connectivity index is 4.06. The normalized spacial score (nSPS) is 14.1. The molecule has 506 valence electrons. The fourth-order valence-corrected chi connectivity index (χ4v) is 11.6.